The number of fused-ring (bicyclic) bond motifs is 1. The van der Waals surface area contributed by atoms with Crippen LogP contribution in [0.3, 0.4) is 0 Å². The first-order valence-electron chi connectivity index (χ1n) is 7.70. The van der Waals surface area contributed by atoms with Crippen molar-refractivity contribution >= 4 is 27.5 Å². The van der Waals surface area contributed by atoms with E-state index in [1.807, 2.05) is 12.1 Å². The number of hydrogen-bond donors (Lipinski definition) is 1. The lowest BCUT2D eigenvalue weighted by Gasteiger charge is -2.64. The summed E-state index contributed by atoms with van der Waals surface area (Å²) in [6, 6.07) is 6.09. The largest absolute Gasteiger partial charge is 0.325 e. The highest BCUT2D eigenvalue weighted by atomic mass is 79.9. The van der Waals surface area contributed by atoms with Gasteiger partial charge in [-0.25, -0.2) is 0 Å². The summed E-state index contributed by atoms with van der Waals surface area (Å²) in [6.07, 6.45) is 2.10. The molecule has 0 aliphatic heterocycles. The van der Waals surface area contributed by atoms with E-state index in [9.17, 15) is 4.79 Å². The van der Waals surface area contributed by atoms with Crippen LogP contribution in [0.5, 0.6) is 0 Å². The number of carbonyl (C=O) groups excluding carboxylic acids is 1. The molecule has 0 radical (unpaired) electrons. The van der Waals surface area contributed by atoms with E-state index in [0.29, 0.717) is 0 Å². The summed E-state index contributed by atoms with van der Waals surface area (Å²) in [6.45, 7) is 11.0. The smallest absolute Gasteiger partial charge is 0.232 e. The molecule has 2 bridgehead atoms. The Morgan fingerprint density at radius 2 is 1.90 bits per heavy atom. The van der Waals surface area contributed by atoms with Crippen molar-refractivity contribution in [3.8, 4) is 0 Å². The zero-order valence-corrected chi connectivity index (χ0v) is 15.1. The van der Waals surface area contributed by atoms with Crippen LogP contribution in [0.1, 0.15) is 44.7 Å². The van der Waals surface area contributed by atoms with Crippen molar-refractivity contribution in [1.82, 2.24) is 0 Å². The van der Waals surface area contributed by atoms with Crippen LogP contribution >= 0.6 is 15.9 Å². The summed E-state index contributed by atoms with van der Waals surface area (Å²) in [5.41, 5.74) is 3.31. The van der Waals surface area contributed by atoms with Gasteiger partial charge in [-0.1, -0.05) is 48.8 Å². The number of rotatable bonds is 2. The Morgan fingerprint density at radius 1 is 1.24 bits per heavy atom. The number of aryl methyl sites for hydroxylation is 1. The molecule has 3 fully saturated rings. The van der Waals surface area contributed by atoms with Crippen molar-refractivity contribution in [2.24, 2.45) is 16.2 Å². The minimum Gasteiger partial charge on any atom is -0.325 e. The minimum atomic E-state index is -0.280. The summed E-state index contributed by atoms with van der Waals surface area (Å²) < 4.78 is 0. The van der Waals surface area contributed by atoms with Gasteiger partial charge in [0, 0.05) is 10.5 Å². The van der Waals surface area contributed by atoms with E-state index < -0.39 is 0 Å². The maximum atomic E-state index is 13.1. The van der Waals surface area contributed by atoms with Crippen molar-refractivity contribution in [2.45, 2.75) is 52.3 Å². The van der Waals surface area contributed by atoms with Crippen LogP contribution in [0.15, 0.2) is 18.2 Å². The third-order valence-electron chi connectivity index (χ3n) is 6.83. The van der Waals surface area contributed by atoms with Gasteiger partial charge in [0.2, 0.25) is 5.91 Å². The molecule has 4 rings (SSSR count). The molecule has 3 unspecified atom stereocenters. The molecule has 0 aromatic heterocycles. The number of amides is 1. The second-order valence-electron chi connectivity index (χ2n) is 7.58. The van der Waals surface area contributed by atoms with Crippen LogP contribution in [-0.4, -0.2) is 10.7 Å². The van der Waals surface area contributed by atoms with Crippen LogP contribution < -0.4 is 5.32 Å². The summed E-state index contributed by atoms with van der Waals surface area (Å²) in [5, 5.41) is 3.21. The summed E-state index contributed by atoms with van der Waals surface area (Å²) in [7, 11) is 0. The third kappa shape index (κ3) is 1.56. The summed E-state index contributed by atoms with van der Waals surface area (Å²) in [5.74, 6) is 0.179. The van der Waals surface area contributed by atoms with Gasteiger partial charge in [-0.05, 0) is 54.7 Å². The van der Waals surface area contributed by atoms with Gasteiger partial charge in [0.25, 0.3) is 0 Å². The molecule has 3 aliphatic carbocycles. The highest BCUT2D eigenvalue weighted by Gasteiger charge is 2.80. The van der Waals surface area contributed by atoms with Gasteiger partial charge in [-0.15, -0.1) is 0 Å². The van der Waals surface area contributed by atoms with Gasteiger partial charge in [0.05, 0.1) is 5.41 Å². The molecule has 1 aromatic rings. The van der Waals surface area contributed by atoms with Crippen LogP contribution in [0.4, 0.5) is 5.69 Å². The fourth-order valence-corrected chi connectivity index (χ4v) is 6.39. The first kappa shape index (κ1) is 15.1. The Morgan fingerprint density at radius 3 is 2.43 bits per heavy atom. The van der Waals surface area contributed by atoms with E-state index >= 15 is 0 Å². The number of alkyl halides is 1. The maximum Gasteiger partial charge on any atom is 0.232 e. The van der Waals surface area contributed by atoms with Crippen LogP contribution in [0.25, 0.3) is 0 Å². The van der Waals surface area contributed by atoms with Gasteiger partial charge in [0.15, 0.2) is 0 Å². The zero-order valence-electron chi connectivity index (χ0n) is 13.5. The molecule has 2 nitrogen and oxygen atoms in total. The van der Waals surface area contributed by atoms with Crippen LogP contribution in [-0.2, 0) is 4.79 Å². The molecule has 1 amide bonds. The van der Waals surface area contributed by atoms with Gasteiger partial charge < -0.3 is 5.32 Å². The Bertz CT molecular complexity index is 624. The molecule has 3 atom stereocenters. The van der Waals surface area contributed by atoms with Gasteiger partial charge in [0.1, 0.15) is 0 Å². The second kappa shape index (κ2) is 4.34. The molecule has 3 saturated carbocycles. The van der Waals surface area contributed by atoms with Crippen molar-refractivity contribution < 1.29 is 4.79 Å². The molecule has 21 heavy (non-hydrogen) atoms. The van der Waals surface area contributed by atoms with Crippen LogP contribution in [0.2, 0.25) is 0 Å². The molecule has 1 aromatic carbocycles. The Hall–Kier alpha value is -0.830. The van der Waals surface area contributed by atoms with E-state index in [0.717, 1.165) is 24.1 Å². The molecule has 114 valence electrons. The number of halogens is 1. The molecule has 0 heterocycles. The molecular weight excluding hydrogens is 326 g/mol. The van der Waals surface area contributed by atoms with E-state index in [4.69, 9.17) is 0 Å². The molecule has 3 aliphatic rings. The zero-order chi connectivity index (χ0) is 15.6. The number of carbonyl (C=O) groups is 1. The van der Waals surface area contributed by atoms with Crippen molar-refractivity contribution in [2.75, 3.05) is 5.32 Å². The maximum absolute atomic E-state index is 13.1. The number of benzene rings is 1. The molecule has 1 N–H and O–H groups in total. The Labute approximate surface area is 135 Å². The van der Waals surface area contributed by atoms with E-state index in [1.54, 1.807) is 0 Å². The normalized spacial score (nSPS) is 36.2. The second-order valence-corrected chi connectivity index (χ2v) is 8.49. The summed E-state index contributed by atoms with van der Waals surface area (Å²) in [4.78, 5) is 13.3. The van der Waals surface area contributed by atoms with Gasteiger partial charge in [-0.3, -0.25) is 4.79 Å². The molecule has 0 spiro atoms. The van der Waals surface area contributed by atoms with E-state index in [2.05, 4.69) is 61.9 Å². The van der Waals surface area contributed by atoms with Crippen LogP contribution in [0, 0.1) is 30.1 Å². The SMILES string of the molecule is Cc1cccc(NC(=O)C23CCC(C)(C2Br)C3(C)C)c1C. The molecule has 3 heteroatoms. The van der Waals surface area contributed by atoms with Gasteiger partial charge >= 0.3 is 0 Å². The lowest BCUT2D eigenvalue weighted by Crippen LogP contribution is -2.68. The number of anilines is 1. The quantitative estimate of drug-likeness (QED) is 0.761. The van der Waals surface area contributed by atoms with Crippen molar-refractivity contribution in [1.29, 1.82) is 0 Å². The number of hydrogen-bond acceptors (Lipinski definition) is 1. The standard InChI is InChI=1S/C18H24BrNO/c1-11-7-6-8-13(12(11)2)20-15(21)18-10-9-17(5,14(18)19)16(18,3)4/h6-8,14H,9-10H2,1-5H3,(H,20,21). The fourth-order valence-electron chi connectivity index (χ4n) is 4.58. The highest BCUT2D eigenvalue weighted by molar-refractivity contribution is 9.09. The minimum absolute atomic E-state index is 0.0377. The average Bonchev–Trinajstić information content (AvgIpc) is 2.83. The van der Waals surface area contributed by atoms with Gasteiger partial charge in [-0.2, -0.15) is 0 Å². The lowest BCUT2D eigenvalue weighted by atomic mass is 9.43. The van der Waals surface area contributed by atoms with Crippen molar-refractivity contribution in [3.63, 3.8) is 0 Å². The summed E-state index contributed by atoms with van der Waals surface area (Å²) >= 11 is 3.83. The first-order valence-corrected chi connectivity index (χ1v) is 8.62. The predicted molar refractivity (Wildman–Crippen MR) is 90.8 cm³/mol. The van der Waals surface area contributed by atoms with E-state index in [-0.39, 0.29) is 27.0 Å². The fraction of sp³-hybridized carbons (Fsp3) is 0.611. The van der Waals surface area contributed by atoms with E-state index in [1.165, 1.54) is 5.56 Å². The lowest BCUT2D eigenvalue weighted by molar-refractivity contribution is -0.156. The Kier molecular flexibility index (Phi) is 3.12. The molecular formula is C18H24BrNO. The van der Waals surface area contributed by atoms with Crippen molar-refractivity contribution in [3.05, 3.63) is 29.3 Å². The average molecular weight is 350 g/mol. The Balaban J connectivity index is 1.92. The third-order valence-corrected chi connectivity index (χ3v) is 8.62. The topological polar surface area (TPSA) is 29.1 Å². The molecule has 0 saturated heterocycles. The monoisotopic (exact) mass is 349 g/mol. The number of nitrogens with one attached hydrogen (secondary N) is 1. The highest BCUT2D eigenvalue weighted by Crippen LogP contribution is 2.79. The predicted octanol–water partition coefficient (Wildman–Crippen LogP) is 4.83. The first-order chi connectivity index (χ1) is 9.68.